The normalized spacial score (nSPS) is 25.0. The van der Waals surface area contributed by atoms with Gasteiger partial charge in [-0.3, -0.25) is 0 Å². The van der Waals surface area contributed by atoms with Gasteiger partial charge in [0.25, 0.3) is 0 Å². The SMILES string of the molecule is C=C(C)C(=O)OCc1cc(C2CCC(C3CCC(CCCCC)CC3)CC2)ccc1OCCO. The number of rotatable bonds is 12. The maximum atomic E-state index is 11.9. The average molecular weight is 471 g/mol. The van der Waals surface area contributed by atoms with Crippen LogP contribution in [0.4, 0.5) is 0 Å². The lowest BCUT2D eigenvalue weighted by Crippen LogP contribution is -2.25. The lowest BCUT2D eigenvalue weighted by molar-refractivity contribution is -0.140. The number of aliphatic hydroxyl groups is 1. The predicted molar refractivity (Wildman–Crippen MR) is 138 cm³/mol. The molecule has 190 valence electrons. The average Bonchev–Trinajstić information content (AvgIpc) is 2.87. The third-order valence-corrected chi connectivity index (χ3v) is 8.16. The van der Waals surface area contributed by atoms with E-state index in [1.54, 1.807) is 6.92 Å². The summed E-state index contributed by atoms with van der Waals surface area (Å²) in [6.07, 6.45) is 16.6. The first-order chi connectivity index (χ1) is 16.5. The van der Waals surface area contributed by atoms with Crippen molar-refractivity contribution in [1.82, 2.24) is 0 Å². The van der Waals surface area contributed by atoms with Crippen molar-refractivity contribution in [3.8, 4) is 5.75 Å². The largest absolute Gasteiger partial charge is 0.491 e. The zero-order valence-corrected chi connectivity index (χ0v) is 21.5. The van der Waals surface area contributed by atoms with E-state index in [1.165, 1.54) is 82.6 Å². The van der Waals surface area contributed by atoms with E-state index in [9.17, 15) is 4.79 Å². The molecule has 1 aromatic carbocycles. The molecule has 0 unspecified atom stereocenters. The second kappa shape index (κ2) is 13.9. The summed E-state index contributed by atoms with van der Waals surface area (Å²) in [7, 11) is 0. The number of hydrogen-bond acceptors (Lipinski definition) is 4. The summed E-state index contributed by atoms with van der Waals surface area (Å²) in [4.78, 5) is 11.9. The van der Waals surface area contributed by atoms with Crippen LogP contribution in [0.5, 0.6) is 5.75 Å². The maximum absolute atomic E-state index is 11.9. The summed E-state index contributed by atoms with van der Waals surface area (Å²) in [5.74, 6) is 3.67. The van der Waals surface area contributed by atoms with Crippen molar-refractivity contribution >= 4 is 5.97 Å². The van der Waals surface area contributed by atoms with E-state index >= 15 is 0 Å². The van der Waals surface area contributed by atoms with Crippen LogP contribution in [0.15, 0.2) is 30.4 Å². The molecule has 0 bridgehead atoms. The third-order valence-electron chi connectivity index (χ3n) is 8.16. The molecule has 0 heterocycles. The molecule has 0 spiro atoms. The van der Waals surface area contributed by atoms with Gasteiger partial charge in [0.15, 0.2) is 0 Å². The number of benzene rings is 1. The Bertz CT molecular complexity index is 770. The molecule has 0 saturated heterocycles. The first-order valence-electron chi connectivity index (χ1n) is 13.7. The van der Waals surface area contributed by atoms with Gasteiger partial charge in [-0.15, -0.1) is 0 Å². The zero-order valence-electron chi connectivity index (χ0n) is 21.5. The number of aliphatic hydroxyl groups excluding tert-OH is 1. The number of ether oxygens (including phenoxy) is 2. The molecule has 1 aromatic rings. The van der Waals surface area contributed by atoms with Crippen LogP contribution in [0.25, 0.3) is 0 Å². The fourth-order valence-electron chi connectivity index (χ4n) is 6.08. The van der Waals surface area contributed by atoms with Gasteiger partial charge in [0, 0.05) is 11.1 Å². The van der Waals surface area contributed by atoms with E-state index in [0.717, 1.165) is 23.3 Å². The van der Waals surface area contributed by atoms with Gasteiger partial charge in [-0.05, 0) is 86.8 Å². The van der Waals surface area contributed by atoms with Crippen LogP contribution >= 0.6 is 0 Å². The molecule has 0 atom stereocenters. The molecule has 2 saturated carbocycles. The van der Waals surface area contributed by atoms with Gasteiger partial charge in [0.2, 0.25) is 0 Å². The smallest absolute Gasteiger partial charge is 0.333 e. The van der Waals surface area contributed by atoms with Crippen LogP contribution in [0.1, 0.15) is 108 Å². The standard InChI is InChI=1S/C30H46O4/c1-4-5-6-7-23-8-10-24(11-9-23)25-12-14-26(15-13-25)27-16-17-29(33-19-18-31)28(20-27)21-34-30(32)22(2)3/h16-17,20,23-26,31H,2,4-15,18-19,21H2,1,3H3. The van der Waals surface area contributed by atoms with Gasteiger partial charge in [0.05, 0.1) is 6.61 Å². The van der Waals surface area contributed by atoms with Crippen molar-refractivity contribution in [2.24, 2.45) is 17.8 Å². The summed E-state index contributed by atoms with van der Waals surface area (Å²) >= 11 is 0. The van der Waals surface area contributed by atoms with Crippen LogP contribution in [-0.2, 0) is 16.1 Å². The second-order valence-electron chi connectivity index (χ2n) is 10.7. The van der Waals surface area contributed by atoms with Gasteiger partial charge in [-0.25, -0.2) is 4.79 Å². The molecule has 34 heavy (non-hydrogen) atoms. The second-order valence-corrected chi connectivity index (χ2v) is 10.7. The summed E-state index contributed by atoms with van der Waals surface area (Å²) in [6, 6.07) is 6.27. The first kappa shape index (κ1) is 26.8. The molecule has 0 aliphatic heterocycles. The first-order valence-corrected chi connectivity index (χ1v) is 13.7. The highest BCUT2D eigenvalue weighted by atomic mass is 16.5. The van der Waals surface area contributed by atoms with E-state index in [0.29, 0.717) is 17.2 Å². The van der Waals surface area contributed by atoms with Crippen LogP contribution < -0.4 is 4.74 Å². The Morgan fingerprint density at radius 1 is 1.03 bits per heavy atom. The molecular formula is C30H46O4. The molecule has 0 amide bonds. The van der Waals surface area contributed by atoms with Gasteiger partial charge in [0.1, 0.15) is 19.0 Å². The van der Waals surface area contributed by atoms with Crippen molar-refractivity contribution in [3.05, 3.63) is 41.5 Å². The van der Waals surface area contributed by atoms with Crippen LogP contribution in [-0.4, -0.2) is 24.3 Å². The van der Waals surface area contributed by atoms with Crippen molar-refractivity contribution in [1.29, 1.82) is 0 Å². The minimum absolute atomic E-state index is 0.0442. The van der Waals surface area contributed by atoms with Crippen molar-refractivity contribution < 1.29 is 19.4 Å². The Labute approximate surface area is 207 Å². The van der Waals surface area contributed by atoms with Crippen molar-refractivity contribution in [2.75, 3.05) is 13.2 Å². The predicted octanol–water partition coefficient (Wildman–Crippen LogP) is 7.34. The van der Waals surface area contributed by atoms with Crippen LogP contribution in [0.3, 0.4) is 0 Å². The van der Waals surface area contributed by atoms with E-state index in [2.05, 4.69) is 25.6 Å². The van der Waals surface area contributed by atoms with Crippen molar-refractivity contribution in [3.63, 3.8) is 0 Å². The van der Waals surface area contributed by atoms with E-state index in [4.69, 9.17) is 14.6 Å². The van der Waals surface area contributed by atoms with Crippen molar-refractivity contribution in [2.45, 2.75) is 103 Å². The highest BCUT2D eigenvalue weighted by Gasteiger charge is 2.31. The molecule has 3 rings (SSSR count). The Balaban J connectivity index is 1.53. The number of carbonyl (C=O) groups excluding carboxylic acids is 1. The lowest BCUT2D eigenvalue weighted by atomic mass is 9.68. The minimum atomic E-state index is -0.390. The molecule has 0 radical (unpaired) electrons. The quantitative estimate of drug-likeness (QED) is 0.197. The lowest BCUT2D eigenvalue weighted by Gasteiger charge is -2.38. The maximum Gasteiger partial charge on any atom is 0.333 e. The molecule has 2 aliphatic carbocycles. The Hall–Kier alpha value is -1.81. The molecule has 0 aromatic heterocycles. The Morgan fingerprint density at radius 2 is 1.71 bits per heavy atom. The molecular weight excluding hydrogens is 424 g/mol. The molecule has 4 nitrogen and oxygen atoms in total. The highest BCUT2D eigenvalue weighted by molar-refractivity contribution is 5.86. The summed E-state index contributed by atoms with van der Waals surface area (Å²) in [6.45, 7) is 7.96. The monoisotopic (exact) mass is 470 g/mol. The summed E-state index contributed by atoms with van der Waals surface area (Å²) in [5.41, 5.74) is 2.57. The van der Waals surface area contributed by atoms with Crippen LogP contribution in [0, 0.1) is 17.8 Å². The summed E-state index contributed by atoms with van der Waals surface area (Å²) < 4.78 is 11.1. The van der Waals surface area contributed by atoms with Gasteiger partial charge in [-0.1, -0.05) is 58.1 Å². The third kappa shape index (κ3) is 7.86. The van der Waals surface area contributed by atoms with Gasteiger partial charge in [-0.2, -0.15) is 0 Å². The fraction of sp³-hybridized carbons (Fsp3) is 0.700. The van der Waals surface area contributed by atoms with Gasteiger partial charge >= 0.3 is 5.97 Å². The van der Waals surface area contributed by atoms with E-state index in [1.807, 2.05) is 6.07 Å². The highest BCUT2D eigenvalue weighted by Crippen LogP contribution is 2.45. The number of hydrogen-bond donors (Lipinski definition) is 1. The van der Waals surface area contributed by atoms with Crippen LogP contribution in [0.2, 0.25) is 0 Å². The zero-order chi connectivity index (χ0) is 24.3. The molecule has 4 heteroatoms. The van der Waals surface area contributed by atoms with Gasteiger partial charge < -0.3 is 14.6 Å². The molecule has 1 N–H and O–H groups in total. The van der Waals surface area contributed by atoms with E-state index in [-0.39, 0.29) is 25.8 Å². The topological polar surface area (TPSA) is 55.8 Å². The molecule has 2 fully saturated rings. The number of esters is 1. The molecule has 2 aliphatic rings. The number of unbranched alkanes of at least 4 members (excludes halogenated alkanes) is 2. The fourth-order valence-corrected chi connectivity index (χ4v) is 6.08. The Morgan fingerprint density at radius 3 is 2.32 bits per heavy atom. The van der Waals surface area contributed by atoms with E-state index < -0.39 is 0 Å². The Kier molecular flexibility index (Phi) is 11.0. The minimum Gasteiger partial charge on any atom is -0.491 e. The summed E-state index contributed by atoms with van der Waals surface area (Å²) in [5, 5.41) is 9.14. The number of carbonyl (C=O) groups is 1.